The molecule has 15 heavy (non-hydrogen) atoms. The highest BCUT2D eigenvalue weighted by Crippen LogP contribution is 2.28. The summed E-state index contributed by atoms with van der Waals surface area (Å²) >= 11 is 0. The maximum atomic E-state index is 10.8. The van der Waals surface area contributed by atoms with Crippen LogP contribution in [-0.2, 0) is 0 Å². The van der Waals surface area contributed by atoms with Crippen LogP contribution in [0.4, 0.5) is 0 Å². The van der Waals surface area contributed by atoms with Crippen LogP contribution in [-0.4, -0.2) is 27.3 Å². The number of carboxylic acid groups (broad SMARTS) is 2. The zero-order valence-electron chi connectivity index (χ0n) is 8.24. The molecule has 0 atom stereocenters. The normalized spacial score (nSPS) is 10.0. The lowest BCUT2D eigenvalue weighted by Crippen LogP contribution is -2.07. The fourth-order valence-electron chi connectivity index (χ4n) is 1.33. The SMILES string of the molecule is Cc1cc(C(=O)O)c(O)c(C(=O)O)c1C. The van der Waals surface area contributed by atoms with E-state index in [9.17, 15) is 14.7 Å². The first kappa shape index (κ1) is 11.0. The average molecular weight is 210 g/mol. The number of aromatic carboxylic acids is 2. The Labute approximate surface area is 85.6 Å². The molecule has 0 radical (unpaired) electrons. The molecule has 0 aliphatic rings. The van der Waals surface area contributed by atoms with Crippen molar-refractivity contribution in [2.75, 3.05) is 0 Å². The largest absolute Gasteiger partial charge is 0.506 e. The molecule has 0 saturated heterocycles. The summed E-state index contributed by atoms with van der Waals surface area (Å²) in [5.41, 5.74) is 0.135. The van der Waals surface area contributed by atoms with Crippen molar-refractivity contribution in [2.45, 2.75) is 13.8 Å². The van der Waals surface area contributed by atoms with Crippen molar-refractivity contribution in [3.63, 3.8) is 0 Å². The number of aryl methyl sites for hydroxylation is 1. The van der Waals surface area contributed by atoms with Gasteiger partial charge in [0.1, 0.15) is 16.9 Å². The molecule has 0 heterocycles. The van der Waals surface area contributed by atoms with Gasteiger partial charge in [-0.15, -0.1) is 0 Å². The molecule has 0 saturated carbocycles. The summed E-state index contributed by atoms with van der Waals surface area (Å²) in [6.45, 7) is 3.11. The van der Waals surface area contributed by atoms with Gasteiger partial charge in [-0.2, -0.15) is 0 Å². The second-order valence-electron chi connectivity index (χ2n) is 3.20. The highest BCUT2D eigenvalue weighted by Gasteiger charge is 2.21. The lowest BCUT2D eigenvalue weighted by Gasteiger charge is -2.09. The van der Waals surface area contributed by atoms with E-state index in [1.165, 1.54) is 13.0 Å². The standard InChI is InChI=1S/C10H10O5/c1-4-3-6(9(12)13)8(11)7(5(4)2)10(14)15/h3,11H,1-2H3,(H,12,13)(H,14,15). The Morgan fingerprint density at radius 3 is 2.07 bits per heavy atom. The van der Waals surface area contributed by atoms with Crippen LogP contribution in [0.3, 0.4) is 0 Å². The molecule has 0 spiro atoms. The van der Waals surface area contributed by atoms with Gasteiger partial charge >= 0.3 is 11.9 Å². The number of carbonyl (C=O) groups is 2. The van der Waals surface area contributed by atoms with Crippen LogP contribution >= 0.6 is 0 Å². The van der Waals surface area contributed by atoms with Gasteiger partial charge in [-0.1, -0.05) is 0 Å². The Hall–Kier alpha value is -2.04. The first-order valence-corrected chi connectivity index (χ1v) is 4.16. The van der Waals surface area contributed by atoms with Gasteiger partial charge in [0.15, 0.2) is 0 Å². The molecule has 0 aromatic heterocycles. The second-order valence-corrected chi connectivity index (χ2v) is 3.20. The maximum Gasteiger partial charge on any atom is 0.339 e. The van der Waals surface area contributed by atoms with Crippen molar-refractivity contribution in [3.05, 3.63) is 28.3 Å². The Bertz CT molecular complexity index is 448. The Morgan fingerprint density at radius 1 is 1.13 bits per heavy atom. The highest BCUT2D eigenvalue weighted by molar-refractivity contribution is 6.00. The minimum atomic E-state index is -1.35. The molecule has 1 rings (SSSR count). The fourth-order valence-corrected chi connectivity index (χ4v) is 1.33. The van der Waals surface area contributed by atoms with Crippen molar-refractivity contribution in [1.82, 2.24) is 0 Å². The van der Waals surface area contributed by atoms with Crippen molar-refractivity contribution in [1.29, 1.82) is 0 Å². The molecule has 0 bridgehead atoms. The number of carboxylic acids is 2. The summed E-state index contributed by atoms with van der Waals surface area (Å²) < 4.78 is 0. The van der Waals surface area contributed by atoms with Crippen LogP contribution in [0, 0.1) is 13.8 Å². The first-order chi connectivity index (χ1) is 6.86. The van der Waals surface area contributed by atoms with Gasteiger partial charge in [0, 0.05) is 0 Å². The molecule has 1 aromatic rings. The molecule has 80 valence electrons. The summed E-state index contributed by atoms with van der Waals surface area (Å²) in [5.74, 6) is -3.38. The average Bonchev–Trinajstić information content (AvgIpc) is 2.10. The third kappa shape index (κ3) is 1.76. The topological polar surface area (TPSA) is 94.8 Å². The number of rotatable bonds is 2. The van der Waals surface area contributed by atoms with Crippen molar-refractivity contribution in [2.24, 2.45) is 0 Å². The van der Waals surface area contributed by atoms with Crippen LogP contribution in [0.25, 0.3) is 0 Å². The van der Waals surface area contributed by atoms with Crippen LogP contribution in [0.2, 0.25) is 0 Å². The Morgan fingerprint density at radius 2 is 1.67 bits per heavy atom. The van der Waals surface area contributed by atoms with E-state index in [2.05, 4.69) is 0 Å². The van der Waals surface area contributed by atoms with Gasteiger partial charge in [0.05, 0.1) is 0 Å². The highest BCUT2D eigenvalue weighted by atomic mass is 16.4. The molecule has 5 heteroatoms. The summed E-state index contributed by atoms with van der Waals surface area (Å²) in [5, 5.41) is 27.0. The predicted molar refractivity (Wildman–Crippen MR) is 51.5 cm³/mol. The van der Waals surface area contributed by atoms with E-state index >= 15 is 0 Å². The molecule has 0 amide bonds. The third-order valence-electron chi connectivity index (χ3n) is 2.26. The summed E-state index contributed by atoms with van der Waals surface area (Å²) in [7, 11) is 0. The van der Waals surface area contributed by atoms with Gasteiger partial charge in [0.2, 0.25) is 0 Å². The number of benzene rings is 1. The lowest BCUT2D eigenvalue weighted by atomic mass is 9.98. The van der Waals surface area contributed by atoms with E-state index in [0.717, 1.165) is 0 Å². The summed E-state index contributed by atoms with van der Waals surface area (Å²) in [6.07, 6.45) is 0. The summed E-state index contributed by atoms with van der Waals surface area (Å²) in [4.78, 5) is 21.5. The minimum Gasteiger partial charge on any atom is -0.506 e. The zero-order chi connectivity index (χ0) is 11.7. The van der Waals surface area contributed by atoms with Gasteiger partial charge < -0.3 is 15.3 Å². The zero-order valence-corrected chi connectivity index (χ0v) is 8.24. The molecule has 1 aromatic carbocycles. The molecule has 0 aliphatic carbocycles. The molecule has 0 aliphatic heterocycles. The van der Waals surface area contributed by atoms with Crippen LogP contribution in [0.5, 0.6) is 5.75 Å². The van der Waals surface area contributed by atoms with Crippen molar-refractivity contribution < 1.29 is 24.9 Å². The van der Waals surface area contributed by atoms with Crippen LogP contribution in [0.15, 0.2) is 6.07 Å². The lowest BCUT2D eigenvalue weighted by molar-refractivity contribution is 0.0691. The van der Waals surface area contributed by atoms with Crippen LogP contribution in [0.1, 0.15) is 31.8 Å². The molecular formula is C10H10O5. The summed E-state index contributed by atoms with van der Waals surface area (Å²) in [6, 6.07) is 1.25. The number of phenols is 1. The number of hydrogen-bond acceptors (Lipinski definition) is 3. The van der Waals surface area contributed by atoms with Gasteiger partial charge in [-0.25, -0.2) is 9.59 Å². The van der Waals surface area contributed by atoms with Gasteiger partial charge in [0.25, 0.3) is 0 Å². The first-order valence-electron chi connectivity index (χ1n) is 4.16. The van der Waals surface area contributed by atoms with E-state index in [4.69, 9.17) is 10.2 Å². The third-order valence-corrected chi connectivity index (χ3v) is 2.26. The van der Waals surface area contributed by atoms with Crippen LogP contribution < -0.4 is 0 Å². The maximum absolute atomic E-state index is 10.8. The van der Waals surface area contributed by atoms with Gasteiger partial charge in [-0.05, 0) is 31.0 Å². The Kier molecular flexibility index (Phi) is 2.65. The van der Waals surface area contributed by atoms with E-state index in [1.54, 1.807) is 6.92 Å². The minimum absolute atomic E-state index is 0.354. The van der Waals surface area contributed by atoms with Crippen molar-refractivity contribution >= 4 is 11.9 Å². The molecule has 0 unspecified atom stereocenters. The number of aromatic hydroxyl groups is 1. The number of hydrogen-bond donors (Lipinski definition) is 3. The molecule has 3 N–H and O–H groups in total. The van der Waals surface area contributed by atoms with E-state index in [-0.39, 0.29) is 5.56 Å². The molecule has 0 fully saturated rings. The fraction of sp³-hybridized carbons (Fsp3) is 0.200. The Balaban J connectivity index is 3.63. The quantitative estimate of drug-likeness (QED) is 0.685. The van der Waals surface area contributed by atoms with E-state index in [1.807, 2.05) is 0 Å². The predicted octanol–water partition coefficient (Wildman–Crippen LogP) is 1.41. The monoisotopic (exact) mass is 210 g/mol. The van der Waals surface area contributed by atoms with E-state index < -0.39 is 23.3 Å². The van der Waals surface area contributed by atoms with Crippen molar-refractivity contribution in [3.8, 4) is 5.75 Å². The smallest absolute Gasteiger partial charge is 0.339 e. The molecular weight excluding hydrogens is 200 g/mol. The van der Waals surface area contributed by atoms with Gasteiger partial charge in [-0.3, -0.25) is 0 Å². The van der Waals surface area contributed by atoms with E-state index in [0.29, 0.717) is 11.1 Å². The molecule has 5 nitrogen and oxygen atoms in total. The second kappa shape index (κ2) is 3.61.